The quantitative estimate of drug-likeness (QED) is 0.821. The van der Waals surface area contributed by atoms with E-state index in [1.54, 1.807) is 18.3 Å². The third-order valence-electron chi connectivity index (χ3n) is 2.87. The number of esters is 1. The molecule has 2 aromatic rings. The van der Waals surface area contributed by atoms with Gasteiger partial charge in [0, 0.05) is 11.8 Å². The fourth-order valence-electron chi connectivity index (χ4n) is 1.90. The predicted molar refractivity (Wildman–Crippen MR) is 70.2 cm³/mol. The van der Waals surface area contributed by atoms with E-state index in [-0.39, 0.29) is 5.97 Å². The van der Waals surface area contributed by atoms with E-state index in [4.69, 9.17) is 10.5 Å². The molecule has 92 valence electrons. The second-order valence-corrected chi connectivity index (χ2v) is 3.91. The molecule has 4 nitrogen and oxygen atoms in total. The number of anilines is 1. The van der Waals surface area contributed by atoms with Gasteiger partial charge in [0.2, 0.25) is 0 Å². The molecule has 0 aliphatic carbocycles. The number of methoxy groups -OCH3 is 1. The van der Waals surface area contributed by atoms with E-state index < -0.39 is 0 Å². The van der Waals surface area contributed by atoms with Gasteiger partial charge in [0.05, 0.1) is 12.7 Å². The lowest BCUT2D eigenvalue weighted by Gasteiger charge is -2.11. The average Bonchev–Trinajstić information content (AvgIpc) is 2.39. The molecule has 18 heavy (non-hydrogen) atoms. The Hall–Kier alpha value is -2.36. The summed E-state index contributed by atoms with van der Waals surface area (Å²) in [5.41, 5.74) is 8.94. The van der Waals surface area contributed by atoms with E-state index in [1.165, 1.54) is 7.11 Å². The van der Waals surface area contributed by atoms with Gasteiger partial charge in [0.1, 0.15) is 5.82 Å². The Bertz CT molecular complexity index is 594. The van der Waals surface area contributed by atoms with Crippen molar-refractivity contribution in [3.05, 3.63) is 47.7 Å². The molecule has 1 heterocycles. The van der Waals surface area contributed by atoms with E-state index in [0.29, 0.717) is 11.4 Å². The number of carbonyl (C=O) groups excluding carboxylic acids is 1. The number of carbonyl (C=O) groups is 1. The van der Waals surface area contributed by atoms with Crippen LogP contribution in [0.15, 0.2) is 36.5 Å². The van der Waals surface area contributed by atoms with E-state index in [0.717, 1.165) is 16.7 Å². The number of nitrogen functional groups attached to an aromatic ring is 1. The Morgan fingerprint density at radius 3 is 2.61 bits per heavy atom. The van der Waals surface area contributed by atoms with Gasteiger partial charge in [0.15, 0.2) is 0 Å². The monoisotopic (exact) mass is 242 g/mol. The topological polar surface area (TPSA) is 65.2 Å². The van der Waals surface area contributed by atoms with Crippen LogP contribution in [0.1, 0.15) is 15.9 Å². The molecule has 0 unspecified atom stereocenters. The van der Waals surface area contributed by atoms with Crippen LogP contribution in [0.2, 0.25) is 0 Å². The van der Waals surface area contributed by atoms with Crippen LogP contribution < -0.4 is 5.73 Å². The maximum atomic E-state index is 11.6. The molecule has 0 saturated heterocycles. The average molecular weight is 242 g/mol. The minimum atomic E-state index is -0.350. The molecular formula is C14H14N2O2. The highest BCUT2D eigenvalue weighted by molar-refractivity contribution is 5.94. The summed E-state index contributed by atoms with van der Waals surface area (Å²) in [4.78, 5) is 15.7. The van der Waals surface area contributed by atoms with Gasteiger partial charge >= 0.3 is 5.97 Å². The summed E-state index contributed by atoms with van der Waals surface area (Å²) in [6.45, 7) is 1.87. The Kier molecular flexibility index (Phi) is 3.28. The number of hydrogen-bond acceptors (Lipinski definition) is 4. The maximum Gasteiger partial charge on any atom is 0.338 e. The largest absolute Gasteiger partial charge is 0.465 e. The summed E-state index contributed by atoms with van der Waals surface area (Å²) in [5.74, 6) is 0.0967. The fourth-order valence-corrected chi connectivity index (χ4v) is 1.90. The number of aromatic nitrogens is 1. The molecule has 2 N–H and O–H groups in total. The van der Waals surface area contributed by atoms with Gasteiger partial charge in [-0.1, -0.05) is 12.1 Å². The Morgan fingerprint density at radius 2 is 1.94 bits per heavy atom. The number of nitrogens with two attached hydrogens (primary N) is 1. The van der Waals surface area contributed by atoms with Crippen molar-refractivity contribution in [2.75, 3.05) is 12.8 Å². The minimum Gasteiger partial charge on any atom is -0.465 e. The summed E-state index contributed by atoms with van der Waals surface area (Å²) in [6.07, 6.45) is 1.64. The SMILES string of the molecule is COC(=O)c1cccc(-c2cccnc2N)c1C. The molecule has 0 bridgehead atoms. The van der Waals surface area contributed by atoms with Gasteiger partial charge < -0.3 is 10.5 Å². The molecule has 0 saturated carbocycles. The maximum absolute atomic E-state index is 11.6. The lowest BCUT2D eigenvalue weighted by atomic mass is 9.97. The number of benzene rings is 1. The molecule has 0 aliphatic heterocycles. The van der Waals surface area contributed by atoms with Crippen molar-refractivity contribution in [1.82, 2.24) is 4.98 Å². The minimum absolute atomic E-state index is 0.350. The first-order valence-corrected chi connectivity index (χ1v) is 5.54. The molecule has 1 aromatic heterocycles. The Labute approximate surface area is 105 Å². The summed E-state index contributed by atoms with van der Waals surface area (Å²) in [6, 6.07) is 9.15. The van der Waals surface area contributed by atoms with Crippen molar-refractivity contribution in [2.24, 2.45) is 0 Å². The van der Waals surface area contributed by atoms with Gasteiger partial charge in [-0.05, 0) is 36.2 Å². The van der Waals surface area contributed by atoms with E-state index in [1.807, 2.05) is 25.1 Å². The first-order valence-electron chi connectivity index (χ1n) is 5.54. The van der Waals surface area contributed by atoms with Crippen LogP contribution in [0.5, 0.6) is 0 Å². The van der Waals surface area contributed by atoms with Crippen LogP contribution in [-0.4, -0.2) is 18.1 Å². The highest BCUT2D eigenvalue weighted by atomic mass is 16.5. The second kappa shape index (κ2) is 4.87. The number of pyridine rings is 1. The molecule has 0 atom stereocenters. The van der Waals surface area contributed by atoms with Gasteiger partial charge in [-0.15, -0.1) is 0 Å². The number of rotatable bonds is 2. The summed E-state index contributed by atoms with van der Waals surface area (Å²) < 4.78 is 4.75. The summed E-state index contributed by atoms with van der Waals surface area (Å²) >= 11 is 0. The molecular weight excluding hydrogens is 228 g/mol. The van der Waals surface area contributed by atoms with Crippen molar-refractivity contribution in [3.8, 4) is 11.1 Å². The van der Waals surface area contributed by atoms with Crippen LogP contribution in [0.3, 0.4) is 0 Å². The zero-order chi connectivity index (χ0) is 13.1. The van der Waals surface area contributed by atoms with Gasteiger partial charge in [-0.3, -0.25) is 0 Å². The van der Waals surface area contributed by atoms with E-state index >= 15 is 0 Å². The van der Waals surface area contributed by atoms with Crippen LogP contribution in [-0.2, 0) is 4.74 Å². The second-order valence-electron chi connectivity index (χ2n) is 3.91. The van der Waals surface area contributed by atoms with Gasteiger partial charge in [0.25, 0.3) is 0 Å². The van der Waals surface area contributed by atoms with Crippen LogP contribution in [0.25, 0.3) is 11.1 Å². The van der Waals surface area contributed by atoms with Crippen molar-refractivity contribution in [1.29, 1.82) is 0 Å². The standard InChI is InChI=1S/C14H14N2O2/c1-9-10(12-7-4-8-16-13(12)15)5-3-6-11(9)14(17)18-2/h3-8H,1-2H3,(H2,15,16). The van der Waals surface area contributed by atoms with Gasteiger partial charge in [-0.2, -0.15) is 0 Å². The predicted octanol–water partition coefficient (Wildman–Crippen LogP) is 2.43. The molecule has 0 fully saturated rings. The first kappa shape index (κ1) is 12.1. The van der Waals surface area contributed by atoms with Crippen molar-refractivity contribution in [3.63, 3.8) is 0 Å². The lowest BCUT2D eigenvalue weighted by molar-refractivity contribution is 0.0600. The van der Waals surface area contributed by atoms with Crippen LogP contribution in [0, 0.1) is 6.92 Å². The first-order chi connectivity index (χ1) is 8.65. The normalized spacial score (nSPS) is 10.1. The highest BCUT2D eigenvalue weighted by Gasteiger charge is 2.14. The van der Waals surface area contributed by atoms with E-state index in [9.17, 15) is 4.79 Å². The third-order valence-corrected chi connectivity index (χ3v) is 2.87. The van der Waals surface area contributed by atoms with Crippen molar-refractivity contribution < 1.29 is 9.53 Å². The van der Waals surface area contributed by atoms with E-state index in [2.05, 4.69) is 4.98 Å². The zero-order valence-corrected chi connectivity index (χ0v) is 10.3. The molecule has 2 rings (SSSR count). The number of ether oxygens (including phenoxy) is 1. The number of nitrogens with zero attached hydrogens (tertiary/aromatic N) is 1. The molecule has 0 aliphatic rings. The Balaban J connectivity index is 2.60. The lowest BCUT2D eigenvalue weighted by Crippen LogP contribution is -2.05. The van der Waals surface area contributed by atoms with Crippen LogP contribution in [0.4, 0.5) is 5.82 Å². The number of hydrogen-bond donors (Lipinski definition) is 1. The zero-order valence-electron chi connectivity index (χ0n) is 10.3. The third kappa shape index (κ3) is 2.05. The summed E-state index contributed by atoms with van der Waals surface area (Å²) in [5, 5.41) is 0. The smallest absolute Gasteiger partial charge is 0.338 e. The molecule has 0 radical (unpaired) electrons. The van der Waals surface area contributed by atoms with Crippen LogP contribution >= 0.6 is 0 Å². The summed E-state index contributed by atoms with van der Waals surface area (Å²) in [7, 11) is 1.37. The highest BCUT2D eigenvalue weighted by Crippen LogP contribution is 2.29. The molecule has 0 amide bonds. The Morgan fingerprint density at radius 1 is 1.22 bits per heavy atom. The van der Waals surface area contributed by atoms with Crippen molar-refractivity contribution in [2.45, 2.75) is 6.92 Å². The molecule has 0 spiro atoms. The molecule has 1 aromatic carbocycles. The molecule has 4 heteroatoms. The van der Waals surface area contributed by atoms with Crippen molar-refractivity contribution >= 4 is 11.8 Å². The van der Waals surface area contributed by atoms with Gasteiger partial charge in [-0.25, -0.2) is 9.78 Å². The fraction of sp³-hybridized carbons (Fsp3) is 0.143.